The maximum Gasteiger partial charge on any atom is 0.00675 e. The molecular formula is C10H22N2. The first-order valence-corrected chi connectivity index (χ1v) is 5.15. The van der Waals surface area contributed by atoms with E-state index in [0.29, 0.717) is 6.04 Å². The van der Waals surface area contributed by atoms with E-state index in [1.807, 2.05) is 7.05 Å². The van der Waals surface area contributed by atoms with Gasteiger partial charge >= 0.3 is 0 Å². The lowest BCUT2D eigenvalue weighted by Gasteiger charge is -2.36. The Morgan fingerprint density at radius 1 is 1.25 bits per heavy atom. The second kappa shape index (κ2) is 4.83. The van der Waals surface area contributed by atoms with E-state index in [-0.39, 0.29) is 0 Å². The average Bonchev–Trinajstić information content (AvgIpc) is 1.97. The van der Waals surface area contributed by atoms with E-state index in [1.165, 1.54) is 32.4 Å². The summed E-state index contributed by atoms with van der Waals surface area (Å²) in [7, 11) is 2.04. The summed E-state index contributed by atoms with van der Waals surface area (Å²) in [6.07, 6.45) is 4.04. The summed E-state index contributed by atoms with van der Waals surface area (Å²) in [5.41, 5.74) is 0. The Balaban J connectivity index is 2.05. The topological polar surface area (TPSA) is 15.3 Å². The molecule has 0 bridgehead atoms. The van der Waals surface area contributed by atoms with Gasteiger partial charge in [-0.05, 0) is 53.2 Å². The highest BCUT2D eigenvalue weighted by molar-refractivity contribution is 4.76. The van der Waals surface area contributed by atoms with Crippen LogP contribution in [0.15, 0.2) is 0 Å². The number of hydrogen-bond acceptors (Lipinski definition) is 2. The molecule has 1 fully saturated rings. The van der Waals surface area contributed by atoms with Gasteiger partial charge in [0, 0.05) is 12.1 Å². The molecule has 0 aromatic rings. The SMILES string of the molecule is CNC(C)CCC(C)N1CCC1. The Bertz CT molecular complexity index is 121. The highest BCUT2D eigenvalue weighted by Gasteiger charge is 2.19. The number of likely N-dealkylation sites (tertiary alicyclic amines) is 1. The van der Waals surface area contributed by atoms with Gasteiger partial charge in [-0.15, -0.1) is 0 Å². The van der Waals surface area contributed by atoms with Crippen LogP contribution in [0.1, 0.15) is 33.1 Å². The van der Waals surface area contributed by atoms with Crippen LogP contribution < -0.4 is 5.32 Å². The Morgan fingerprint density at radius 3 is 2.33 bits per heavy atom. The van der Waals surface area contributed by atoms with Crippen molar-refractivity contribution in [2.45, 2.75) is 45.2 Å². The lowest BCUT2D eigenvalue weighted by molar-refractivity contribution is 0.119. The standard InChI is InChI=1S/C10H22N2/c1-9(11-3)5-6-10(2)12-7-4-8-12/h9-11H,4-8H2,1-3H3. The summed E-state index contributed by atoms with van der Waals surface area (Å²) in [4.78, 5) is 2.57. The van der Waals surface area contributed by atoms with Gasteiger partial charge < -0.3 is 10.2 Å². The second-order valence-electron chi connectivity index (χ2n) is 4.01. The fourth-order valence-corrected chi connectivity index (χ4v) is 1.60. The lowest BCUT2D eigenvalue weighted by Crippen LogP contribution is -2.44. The molecule has 1 aliphatic heterocycles. The zero-order valence-corrected chi connectivity index (χ0v) is 8.64. The summed E-state index contributed by atoms with van der Waals surface area (Å²) in [6, 6.07) is 1.48. The third kappa shape index (κ3) is 2.76. The molecule has 2 heteroatoms. The number of nitrogens with zero attached hydrogens (tertiary/aromatic N) is 1. The molecule has 2 unspecified atom stereocenters. The van der Waals surface area contributed by atoms with Gasteiger partial charge in [-0.1, -0.05) is 0 Å². The number of rotatable bonds is 5. The summed E-state index contributed by atoms with van der Waals surface area (Å²) < 4.78 is 0. The van der Waals surface area contributed by atoms with E-state index >= 15 is 0 Å². The van der Waals surface area contributed by atoms with Crippen LogP contribution in [0.2, 0.25) is 0 Å². The van der Waals surface area contributed by atoms with Crippen molar-refractivity contribution in [3.8, 4) is 0 Å². The largest absolute Gasteiger partial charge is 0.317 e. The normalized spacial score (nSPS) is 23.2. The van der Waals surface area contributed by atoms with Crippen LogP contribution in [0.5, 0.6) is 0 Å². The number of nitrogens with one attached hydrogen (secondary N) is 1. The first-order chi connectivity index (χ1) is 5.74. The van der Waals surface area contributed by atoms with Crippen LogP contribution in [-0.4, -0.2) is 37.1 Å². The lowest BCUT2D eigenvalue weighted by atomic mass is 10.0. The molecular weight excluding hydrogens is 148 g/mol. The summed E-state index contributed by atoms with van der Waals surface area (Å²) >= 11 is 0. The van der Waals surface area contributed by atoms with Crippen LogP contribution in [0, 0.1) is 0 Å². The minimum atomic E-state index is 0.675. The number of hydrogen-bond donors (Lipinski definition) is 1. The molecule has 0 aromatic carbocycles. The van der Waals surface area contributed by atoms with E-state index in [1.54, 1.807) is 0 Å². The Kier molecular flexibility index (Phi) is 4.02. The van der Waals surface area contributed by atoms with Crippen molar-refractivity contribution in [1.29, 1.82) is 0 Å². The first kappa shape index (κ1) is 10.0. The van der Waals surface area contributed by atoms with Crippen molar-refractivity contribution in [3.05, 3.63) is 0 Å². The minimum absolute atomic E-state index is 0.675. The molecule has 0 amide bonds. The molecule has 0 radical (unpaired) electrons. The fourth-order valence-electron chi connectivity index (χ4n) is 1.60. The molecule has 1 heterocycles. The average molecular weight is 170 g/mol. The summed E-state index contributed by atoms with van der Waals surface area (Å²) in [6.45, 7) is 7.26. The van der Waals surface area contributed by atoms with E-state index in [2.05, 4.69) is 24.1 Å². The predicted octanol–water partition coefficient (Wildman–Crippen LogP) is 1.47. The molecule has 1 aliphatic rings. The summed E-state index contributed by atoms with van der Waals surface area (Å²) in [5, 5.41) is 3.28. The summed E-state index contributed by atoms with van der Waals surface area (Å²) in [5.74, 6) is 0. The van der Waals surface area contributed by atoms with Crippen LogP contribution in [-0.2, 0) is 0 Å². The predicted molar refractivity (Wildman–Crippen MR) is 53.4 cm³/mol. The molecule has 1 saturated heterocycles. The molecule has 0 spiro atoms. The quantitative estimate of drug-likeness (QED) is 0.672. The smallest absolute Gasteiger partial charge is 0.00675 e. The maximum atomic E-state index is 3.28. The van der Waals surface area contributed by atoms with Gasteiger partial charge in [0.1, 0.15) is 0 Å². The van der Waals surface area contributed by atoms with Crippen molar-refractivity contribution in [3.63, 3.8) is 0 Å². The van der Waals surface area contributed by atoms with E-state index < -0.39 is 0 Å². The third-order valence-corrected chi connectivity index (χ3v) is 3.02. The molecule has 0 saturated carbocycles. The van der Waals surface area contributed by atoms with E-state index in [0.717, 1.165) is 6.04 Å². The molecule has 2 atom stereocenters. The Labute approximate surface area is 76.3 Å². The Morgan fingerprint density at radius 2 is 1.92 bits per heavy atom. The van der Waals surface area contributed by atoms with Crippen molar-refractivity contribution < 1.29 is 0 Å². The van der Waals surface area contributed by atoms with E-state index in [9.17, 15) is 0 Å². The highest BCUT2D eigenvalue weighted by Crippen LogP contribution is 2.15. The van der Waals surface area contributed by atoms with Gasteiger partial charge in [0.2, 0.25) is 0 Å². The van der Waals surface area contributed by atoms with Gasteiger partial charge in [-0.3, -0.25) is 0 Å². The van der Waals surface area contributed by atoms with Crippen molar-refractivity contribution in [2.24, 2.45) is 0 Å². The van der Waals surface area contributed by atoms with Crippen molar-refractivity contribution >= 4 is 0 Å². The van der Waals surface area contributed by atoms with Gasteiger partial charge in [-0.25, -0.2) is 0 Å². The highest BCUT2D eigenvalue weighted by atomic mass is 15.2. The second-order valence-corrected chi connectivity index (χ2v) is 4.01. The van der Waals surface area contributed by atoms with E-state index in [4.69, 9.17) is 0 Å². The molecule has 2 nitrogen and oxygen atoms in total. The van der Waals surface area contributed by atoms with Gasteiger partial charge in [0.25, 0.3) is 0 Å². The zero-order valence-electron chi connectivity index (χ0n) is 8.64. The van der Waals surface area contributed by atoms with Gasteiger partial charge in [-0.2, -0.15) is 0 Å². The Hall–Kier alpha value is -0.0800. The zero-order chi connectivity index (χ0) is 8.97. The van der Waals surface area contributed by atoms with Gasteiger partial charge in [0.05, 0.1) is 0 Å². The molecule has 1 N–H and O–H groups in total. The van der Waals surface area contributed by atoms with Crippen LogP contribution >= 0.6 is 0 Å². The molecule has 0 aromatic heterocycles. The van der Waals surface area contributed by atoms with Crippen LogP contribution in [0.4, 0.5) is 0 Å². The minimum Gasteiger partial charge on any atom is -0.317 e. The van der Waals surface area contributed by atoms with Crippen molar-refractivity contribution in [2.75, 3.05) is 20.1 Å². The molecule has 0 aliphatic carbocycles. The maximum absolute atomic E-state index is 3.28. The van der Waals surface area contributed by atoms with Crippen molar-refractivity contribution in [1.82, 2.24) is 10.2 Å². The van der Waals surface area contributed by atoms with Gasteiger partial charge in [0.15, 0.2) is 0 Å². The third-order valence-electron chi connectivity index (χ3n) is 3.02. The van der Waals surface area contributed by atoms with Crippen LogP contribution in [0.3, 0.4) is 0 Å². The monoisotopic (exact) mass is 170 g/mol. The molecule has 12 heavy (non-hydrogen) atoms. The molecule has 1 rings (SSSR count). The first-order valence-electron chi connectivity index (χ1n) is 5.15. The molecule has 72 valence electrons. The fraction of sp³-hybridized carbons (Fsp3) is 1.00. The van der Waals surface area contributed by atoms with Crippen LogP contribution in [0.25, 0.3) is 0 Å².